The number of halogens is 1. The zero-order valence-corrected chi connectivity index (χ0v) is 14.8. The molecule has 1 N–H and O–H groups in total. The number of oxazole rings is 1. The smallest absolute Gasteiger partial charge is 0.224 e. The molecule has 0 aliphatic carbocycles. The fourth-order valence-electron chi connectivity index (χ4n) is 2.35. The van der Waals surface area contributed by atoms with E-state index in [-0.39, 0.29) is 5.91 Å². The molecule has 3 rings (SSSR count). The summed E-state index contributed by atoms with van der Waals surface area (Å²) in [6, 6.07) is 15.5. The number of para-hydroxylation sites is 1. The number of rotatable bonds is 5. The van der Waals surface area contributed by atoms with Crippen LogP contribution in [0.3, 0.4) is 0 Å². The summed E-state index contributed by atoms with van der Waals surface area (Å²) in [4.78, 5) is 16.3. The van der Waals surface area contributed by atoms with E-state index in [4.69, 9.17) is 4.42 Å². The summed E-state index contributed by atoms with van der Waals surface area (Å²) >= 11 is 3.44. The van der Waals surface area contributed by atoms with Crippen LogP contribution in [0.2, 0.25) is 0 Å². The Balaban J connectivity index is 1.59. The second-order valence-corrected chi connectivity index (χ2v) is 6.41. The lowest BCUT2D eigenvalue weighted by molar-refractivity contribution is -0.116. The first-order valence-electron chi connectivity index (χ1n) is 7.68. The molecule has 0 atom stereocenters. The van der Waals surface area contributed by atoms with Gasteiger partial charge in [-0.15, -0.1) is 0 Å². The molecule has 5 heteroatoms. The van der Waals surface area contributed by atoms with Gasteiger partial charge in [0.1, 0.15) is 0 Å². The van der Waals surface area contributed by atoms with Crippen LogP contribution in [-0.4, -0.2) is 10.9 Å². The number of carbonyl (C=O) groups is 1. The summed E-state index contributed by atoms with van der Waals surface area (Å²) in [6.45, 7) is 1.97. The van der Waals surface area contributed by atoms with E-state index < -0.39 is 0 Å². The Kier molecular flexibility index (Phi) is 5.11. The normalized spacial score (nSPS) is 10.6. The quantitative estimate of drug-likeness (QED) is 0.674. The van der Waals surface area contributed by atoms with Crippen LogP contribution in [0.15, 0.2) is 63.6 Å². The predicted molar refractivity (Wildman–Crippen MR) is 97.8 cm³/mol. The highest BCUT2D eigenvalue weighted by Crippen LogP contribution is 2.24. The van der Waals surface area contributed by atoms with Crippen LogP contribution in [0.1, 0.15) is 17.9 Å². The summed E-state index contributed by atoms with van der Waals surface area (Å²) in [7, 11) is 0. The van der Waals surface area contributed by atoms with Crippen molar-refractivity contribution < 1.29 is 9.21 Å². The topological polar surface area (TPSA) is 55.1 Å². The Morgan fingerprint density at radius 3 is 2.83 bits per heavy atom. The van der Waals surface area contributed by atoms with Gasteiger partial charge in [0.05, 0.1) is 6.20 Å². The first-order chi connectivity index (χ1) is 11.6. The van der Waals surface area contributed by atoms with Crippen molar-refractivity contribution in [3.8, 4) is 11.3 Å². The van der Waals surface area contributed by atoms with E-state index >= 15 is 0 Å². The van der Waals surface area contributed by atoms with Crippen LogP contribution < -0.4 is 5.32 Å². The van der Waals surface area contributed by atoms with Crippen molar-refractivity contribution in [3.05, 3.63) is 70.7 Å². The third kappa shape index (κ3) is 4.11. The molecular weight excluding hydrogens is 368 g/mol. The molecule has 4 nitrogen and oxygen atoms in total. The number of anilines is 1. The largest absolute Gasteiger partial charge is 0.441 e. The summed E-state index contributed by atoms with van der Waals surface area (Å²) in [5, 5.41) is 2.91. The van der Waals surface area contributed by atoms with Crippen molar-refractivity contribution >= 4 is 27.5 Å². The van der Waals surface area contributed by atoms with E-state index in [0.717, 1.165) is 21.3 Å². The Labute approximate surface area is 149 Å². The average molecular weight is 385 g/mol. The number of aromatic nitrogens is 1. The lowest BCUT2D eigenvalue weighted by Gasteiger charge is -2.07. The minimum Gasteiger partial charge on any atom is -0.441 e. The van der Waals surface area contributed by atoms with Gasteiger partial charge in [0.2, 0.25) is 5.91 Å². The van der Waals surface area contributed by atoms with Crippen LogP contribution in [0, 0.1) is 6.92 Å². The second-order valence-electron chi connectivity index (χ2n) is 5.49. The van der Waals surface area contributed by atoms with E-state index in [1.54, 1.807) is 6.20 Å². The van der Waals surface area contributed by atoms with Gasteiger partial charge in [-0.25, -0.2) is 4.98 Å². The SMILES string of the molecule is Cc1ccccc1NC(=O)CCc1ncc(-c2cccc(Br)c2)o1. The molecule has 1 amide bonds. The first kappa shape index (κ1) is 16.5. The Bertz CT molecular complexity index is 858. The molecule has 0 saturated carbocycles. The highest BCUT2D eigenvalue weighted by molar-refractivity contribution is 9.10. The van der Waals surface area contributed by atoms with Gasteiger partial charge >= 0.3 is 0 Å². The monoisotopic (exact) mass is 384 g/mol. The van der Waals surface area contributed by atoms with Gasteiger partial charge in [-0.1, -0.05) is 46.3 Å². The Morgan fingerprint density at radius 2 is 2.04 bits per heavy atom. The Hall–Kier alpha value is -2.40. The highest BCUT2D eigenvalue weighted by Gasteiger charge is 2.10. The van der Waals surface area contributed by atoms with Crippen LogP contribution >= 0.6 is 15.9 Å². The van der Waals surface area contributed by atoms with E-state index in [2.05, 4.69) is 26.2 Å². The lowest BCUT2D eigenvalue weighted by Crippen LogP contribution is -2.13. The fraction of sp³-hybridized carbons (Fsp3) is 0.158. The van der Waals surface area contributed by atoms with E-state index in [0.29, 0.717) is 24.5 Å². The van der Waals surface area contributed by atoms with Crippen molar-refractivity contribution in [2.45, 2.75) is 19.8 Å². The summed E-state index contributed by atoms with van der Waals surface area (Å²) in [5.41, 5.74) is 2.83. The molecule has 3 aromatic rings. The molecule has 122 valence electrons. The molecule has 0 radical (unpaired) electrons. The first-order valence-corrected chi connectivity index (χ1v) is 8.47. The van der Waals surface area contributed by atoms with Crippen molar-refractivity contribution in [1.82, 2.24) is 4.98 Å². The second kappa shape index (κ2) is 7.45. The van der Waals surface area contributed by atoms with Gasteiger partial charge in [-0.2, -0.15) is 0 Å². The van der Waals surface area contributed by atoms with Gasteiger partial charge in [0, 0.05) is 28.6 Å². The maximum atomic E-state index is 12.1. The molecule has 0 fully saturated rings. The Morgan fingerprint density at radius 1 is 1.21 bits per heavy atom. The summed E-state index contributed by atoms with van der Waals surface area (Å²) in [6.07, 6.45) is 2.48. The zero-order chi connectivity index (χ0) is 16.9. The number of nitrogens with one attached hydrogen (secondary N) is 1. The number of hydrogen-bond donors (Lipinski definition) is 1. The highest BCUT2D eigenvalue weighted by atomic mass is 79.9. The molecule has 0 aliphatic heterocycles. The van der Waals surface area contributed by atoms with E-state index in [9.17, 15) is 4.79 Å². The van der Waals surface area contributed by atoms with Crippen LogP contribution in [-0.2, 0) is 11.2 Å². The lowest BCUT2D eigenvalue weighted by atomic mass is 10.2. The molecule has 0 saturated heterocycles. The molecule has 0 unspecified atom stereocenters. The van der Waals surface area contributed by atoms with Crippen LogP contribution in [0.4, 0.5) is 5.69 Å². The van der Waals surface area contributed by atoms with E-state index in [1.165, 1.54) is 0 Å². The molecule has 2 aromatic carbocycles. The predicted octanol–water partition coefficient (Wildman–Crippen LogP) is 4.98. The maximum Gasteiger partial charge on any atom is 0.224 e. The van der Waals surface area contributed by atoms with Crippen LogP contribution in [0.5, 0.6) is 0 Å². The number of aryl methyl sites for hydroxylation is 2. The van der Waals surface area contributed by atoms with E-state index in [1.807, 2.05) is 55.5 Å². The average Bonchev–Trinajstić information content (AvgIpc) is 3.04. The van der Waals surface area contributed by atoms with Gasteiger partial charge in [0.15, 0.2) is 11.7 Å². The number of nitrogens with zero attached hydrogens (tertiary/aromatic N) is 1. The minimum atomic E-state index is -0.0495. The van der Waals surface area contributed by atoms with Crippen molar-refractivity contribution in [1.29, 1.82) is 0 Å². The molecule has 1 aromatic heterocycles. The standard InChI is InChI=1S/C19H17BrN2O2/c1-13-5-2-3-8-16(13)22-18(23)9-10-19-21-12-17(24-19)14-6-4-7-15(20)11-14/h2-8,11-12H,9-10H2,1H3,(H,22,23). The molecule has 0 bridgehead atoms. The molecule has 0 spiro atoms. The third-order valence-corrected chi connectivity index (χ3v) is 4.14. The third-order valence-electron chi connectivity index (χ3n) is 3.65. The zero-order valence-electron chi connectivity index (χ0n) is 13.3. The van der Waals surface area contributed by atoms with Crippen molar-refractivity contribution in [2.24, 2.45) is 0 Å². The molecule has 1 heterocycles. The maximum absolute atomic E-state index is 12.1. The number of carbonyl (C=O) groups excluding carboxylic acids is 1. The van der Waals surface area contributed by atoms with Crippen LogP contribution in [0.25, 0.3) is 11.3 Å². The minimum absolute atomic E-state index is 0.0495. The number of hydrogen-bond acceptors (Lipinski definition) is 3. The molecule has 24 heavy (non-hydrogen) atoms. The summed E-state index contributed by atoms with van der Waals surface area (Å²) in [5.74, 6) is 1.21. The van der Waals surface area contributed by atoms with Gasteiger partial charge in [0.25, 0.3) is 0 Å². The van der Waals surface area contributed by atoms with Crippen molar-refractivity contribution in [2.75, 3.05) is 5.32 Å². The number of benzene rings is 2. The van der Waals surface area contributed by atoms with Gasteiger partial charge in [-0.05, 0) is 30.7 Å². The number of amides is 1. The van der Waals surface area contributed by atoms with Crippen molar-refractivity contribution in [3.63, 3.8) is 0 Å². The molecular formula is C19H17BrN2O2. The van der Waals surface area contributed by atoms with Gasteiger partial charge < -0.3 is 9.73 Å². The summed E-state index contributed by atoms with van der Waals surface area (Å²) < 4.78 is 6.72. The van der Waals surface area contributed by atoms with Gasteiger partial charge in [-0.3, -0.25) is 4.79 Å². The molecule has 0 aliphatic rings. The fourth-order valence-corrected chi connectivity index (χ4v) is 2.75.